The zero-order valence-corrected chi connectivity index (χ0v) is 23.1. The Hall–Kier alpha value is -2.42. The van der Waals surface area contributed by atoms with Gasteiger partial charge < -0.3 is 24.4 Å². The Morgan fingerprint density at radius 3 is 2.63 bits per heavy atom. The van der Waals surface area contributed by atoms with Crippen LogP contribution in [0.5, 0.6) is 0 Å². The van der Waals surface area contributed by atoms with Gasteiger partial charge in [-0.3, -0.25) is 14.4 Å². The van der Waals surface area contributed by atoms with E-state index in [1.807, 2.05) is 13.0 Å². The first kappa shape index (κ1) is 28.6. The number of nitrogens with zero attached hydrogens (tertiary/aromatic N) is 2. The van der Waals surface area contributed by atoms with Crippen LogP contribution in [-0.2, 0) is 23.9 Å². The Morgan fingerprint density at radius 1 is 1.24 bits per heavy atom. The number of esters is 1. The molecule has 3 aliphatic heterocycles. The summed E-state index contributed by atoms with van der Waals surface area (Å²) >= 11 is 6.51. The van der Waals surface area contributed by atoms with Crippen molar-refractivity contribution in [3.8, 4) is 0 Å². The third kappa shape index (κ3) is 4.65. The molecule has 3 saturated heterocycles. The van der Waals surface area contributed by atoms with Crippen LogP contribution in [0.1, 0.15) is 58.8 Å². The molecule has 2 bridgehead atoms. The number of benzene rings is 1. The molecular weight excluding hydrogens is 508 g/mol. The Bertz CT molecular complexity index is 1070. The molecule has 208 valence electrons. The van der Waals surface area contributed by atoms with Crippen LogP contribution in [0.2, 0.25) is 5.02 Å². The maximum absolute atomic E-state index is 14.5. The lowest BCUT2D eigenvalue weighted by molar-refractivity contribution is -0.160. The summed E-state index contributed by atoms with van der Waals surface area (Å²) in [6.45, 7) is 8.45. The SMILES string of the molecule is C=CCN(C(=O)C1N(CCCCCCO)C(=O)[C@@H]2[C@H](C(=O)OCC)[C@]3(CC)CCC12O3)c1ccccc1Cl. The van der Waals surface area contributed by atoms with Gasteiger partial charge in [-0.1, -0.05) is 49.6 Å². The lowest BCUT2D eigenvalue weighted by Crippen LogP contribution is -2.56. The van der Waals surface area contributed by atoms with E-state index in [9.17, 15) is 14.4 Å². The van der Waals surface area contributed by atoms with E-state index in [0.717, 1.165) is 12.8 Å². The second-order valence-electron chi connectivity index (χ2n) is 10.4. The van der Waals surface area contributed by atoms with Crippen LogP contribution in [0.15, 0.2) is 36.9 Å². The van der Waals surface area contributed by atoms with Crippen molar-refractivity contribution in [2.45, 2.75) is 76.0 Å². The fourth-order valence-electron chi connectivity index (χ4n) is 6.83. The first-order valence-electron chi connectivity index (χ1n) is 13.8. The lowest BCUT2D eigenvalue weighted by atomic mass is 9.65. The van der Waals surface area contributed by atoms with Crippen LogP contribution in [0, 0.1) is 11.8 Å². The summed E-state index contributed by atoms with van der Waals surface area (Å²) in [6, 6.07) is 6.20. The van der Waals surface area contributed by atoms with Crippen molar-refractivity contribution in [3.05, 3.63) is 41.9 Å². The monoisotopic (exact) mass is 546 g/mol. The highest BCUT2D eigenvalue weighted by molar-refractivity contribution is 6.34. The lowest BCUT2D eigenvalue weighted by Gasteiger charge is -2.37. The van der Waals surface area contributed by atoms with E-state index < -0.39 is 35.0 Å². The molecule has 1 spiro atoms. The molecular formula is C29H39ClN2O6. The molecule has 1 N–H and O–H groups in total. The van der Waals surface area contributed by atoms with E-state index >= 15 is 0 Å². The van der Waals surface area contributed by atoms with Crippen LogP contribution >= 0.6 is 11.6 Å². The topological polar surface area (TPSA) is 96.4 Å². The summed E-state index contributed by atoms with van der Waals surface area (Å²) in [5.74, 6) is -2.48. The molecule has 9 heteroatoms. The van der Waals surface area contributed by atoms with Gasteiger partial charge in [-0.05, 0) is 51.2 Å². The number of aliphatic hydroxyl groups is 1. The van der Waals surface area contributed by atoms with E-state index in [-0.39, 0.29) is 31.6 Å². The van der Waals surface area contributed by atoms with Gasteiger partial charge in [0, 0.05) is 19.7 Å². The molecule has 0 saturated carbocycles. The van der Waals surface area contributed by atoms with Crippen molar-refractivity contribution in [2.24, 2.45) is 11.8 Å². The standard InChI is InChI=1S/C29H39ClN2O6/c1-4-17-31(21-14-10-9-13-20(21)30)26(35)24-29-16-15-28(5-2,38-29)23(27(36)37-6-3)22(29)25(34)32(24)18-11-7-8-12-19-33/h4,9-10,13-14,22-24,33H,1,5-8,11-12,15-19H2,2-3H3/t22-,23+,24?,28-,29?/m0/s1. The zero-order chi connectivity index (χ0) is 27.5. The molecule has 38 heavy (non-hydrogen) atoms. The molecule has 0 aliphatic carbocycles. The number of ether oxygens (including phenoxy) is 2. The molecule has 1 aromatic rings. The highest BCUT2D eigenvalue weighted by Crippen LogP contribution is 2.64. The summed E-state index contributed by atoms with van der Waals surface area (Å²) in [5.41, 5.74) is -1.41. The van der Waals surface area contributed by atoms with Gasteiger partial charge in [-0.2, -0.15) is 0 Å². The summed E-state index contributed by atoms with van der Waals surface area (Å²) in [5, 5.41) is 9.55. The van der Waals surface area contributed by atoms with Crippen molar-refractivity contribution in [3.63, 3.8) is 0 Å². The van der Waals surface area contributed by atoms with Gasteiger partial charge in [0.05, 0.1) is 28.8 Å². The average molecular weight is 547 g/mol. The van der Waals surface area contributed by atoms with E-state index in [1.54, 1.807) is 41.0 Å². The number of anilines is 1. The predicted octanol–water partition coefficient (Wildman–Crippen LogP) is 4.13. The van der Waals surface area contributed by atoms with E-state index in [2.05, 4.69) is 6.58 Å². The van der Waals surface area contributed by atoms with Gasteiger partial charge in [0.1, 0.15) is 17.6 Å². The van der Waals surface area contributed by atoms with Gasteiger partial charge >= 0.3 is 5.97 Å². The number of likely N-dealkylation sites (tertiary alicyclic amines) is 1. The van der Waals surface area contributed by atoms with Crippen LogP contribution in [0.25, 0.3) is 0 Å². The number of halogens is 1. The van der Waals surface area contributed by atoms with E-state index in [4.69, 9.17) is 26.2 Å². The minimum atomic E-state index is -1.12. The average Bonchev–Trinajstić information content (AvgIpc) is 3.51. The van der Waals surface area contributed by atoms with Crippen molar-refractivity contribution in [1.29, 1.82) is 0 Å². The number of aliphatic hydroxyl groups excluding tert-OH is 1. The number of hydrogen-bond acceptors (Lipinski definition) is 6. The number of unbranched alkanes of at least 4 members (excludes halogenated alkanes) is 3. The Kier molecular flexibility index (Phi) is 8.85. The predicted molar refractivity (Wildman–Crippen MR) is 145 cm³/mol. The summed E-state index contributed by atoms with van der Waals surface area (Å²) in [6.07, 6.45) is 6.27. The maximum Gasteiger partial charge on any atom is 0.312 e. The number of carbonyl (C=O) groups excluding carboxylic acids is 3. The van der Waals surface area contributed by atoms with Gasteiger partial charge in [0.2, 0.25) is 5.91 Å². The smallest absolute Gasteiger partial charge is 0.312 e. The second-order valence-corrected chi connectivity index (χ2v) is 10.9. The summed E-state index contributed by atoms with van der Waals surface area (Å²) < 4.78 is 12.2. The molecule has 4 rings (SSSR count). The largest absolute Gasteiger partial charge is 0.466 e. The molecule has 2 amide bonds. The van der Waals surface area contributed by atoms with Crippen LogP contribution in [0.4, 0.5) is 5.69 Å². The third-order valence-electron chi connectivity index (χ3n) is 8.48. The second kappa shape index (κ2) is 11.8. The Morgan fingerprint density at radius 2 is 1.97 bits per heavy atom. The minimum absolute atomic E-state index is 0.122. The molecule has 5 atom stereocenters. The van der Waals surface area contributed by atoms with Crippen molar-refractivity contribution >= 4 is 35.1 Å². The molecule has 0 radical (unpaired) electrons. The van der Waals surface area contributed by atoms with Gasteiger partial charge in [-0.15, -0.1) is 6.58 Å². The molecule has 3 fully saturated rings. The molecule has 1 aromatic carbocycles. The fourth-order valence-corrected chi connectivity index (χ4v) is 7.07. The van der Waals surface area contributed by atoms with Crippen LogP contribution in [-0.4, -0.2) is 71.3 Å². The molecule has 0 aromatic heterocycles. The maximum atomic E-state index is 14.5. The van der Waals surface area contributed by atoms with Crippen LogP contribution < -0.4 is 4.90 Å². The normalized spacial score (nSPS) is 29.4. The highest BCUT2D eigenvalue weighted by Gasteiger charge is 2.79. The van der Waals surface area contributed by atoms with Gasteiger partial charge in [0.15, 0.2) is 0 Å². The fraction of sp³-hybridized carbons (Fsp3) is 0.621. The van der Waals surface area contributed by atoms with E-state index in [1.165, 1.54) is 0 Å². The van der Waals surface area contributed by atoms with Gasteiger partial charge in [-0.25, -0.2) is 0 Å². The first-order chi connectivity index (χ1) is 18.3. The minimum Gasteiger partial charge on any atom is -0.466 e. The Balaban J connectivity index is 1.76. The number of rotatable bonds is 13. The van der Waals surface area contributed by atoms with Crippen LogP contribution in [0.3, 0.4) is 0 Å². The molecule has 3 heterocycles. The third-order valence-corrected chi connectivity index (χ3v) is 8.80. The van der Waals surface area contributed by atoms with Gasteiger partial charge in [0.25, 0.3) is 5.91 Å². The highest BCUT2D eigenvalue weighted by atomic mass is 35.5. The molecule has 3 aliphatic rings. The number of hydrogen-bond donors (Lipinski definition) is 1. The Labute approximate surface area is 229 Å². The summed E-state index contributed by atoms with van der Waals surface area (Å²) in [7, 11) is 0. The number of fused-ring (bicyclic) bond motifs is 1. The summed E-state index contributed by atoms with van der Waals surface area (Å²) in [4.78, 5) is 45.1. The van der Waals surface area contributed by atoms with Crippen molar-refractivity contribution in [2.75, 3.05) is 31.2 Å². The first-order valence-corrected chi connectivity index (χ1v) is 14.1. The van der Waals surface area contributed by atoms with Crippen molar-refractivity contribution in [1.82, 2.24) is 4.90 Å². The van der Waals surface area contributed by atoms with E-state index in [0.29, 0.717) is 49.4 Å². The number of para-hydroxylation sites is 1. The number of carbonyl (C=O) groups is 3. The van der Waals surface area contributed by atoms with Crippen molar-refractivity contribution < 1.29 is 29.0 Å². The quantitative estimate of drug-likeness (QED) is 0.227. The molecule has 2 unspecified atom stereocenters. The number of amides is 2. The zero-order valence-electron chi connectivity index (χ0n) is 22.4. The molecule has 8 nitrogen and oxygen atoms in total.